The second-order valence-electron chi connectivity index (χ2n) is 6.83. The normalized spacial score (nSPS) is 11.1. The van der Waals surface area contributed by atoms with Crippen molar-refractivity contribution >= 4 is 29.0 Å². The number of carbonyl (C=O) groups excluding carboxylic acids is 1. The van der Waals surface area contributed by atoms with Crippen LogP contribution in [0.2, 0.25) is 0 Å². The maximum atomic E-state index is 12.5. The number of hydrogen-bond donors (Lipinski definition) is 1. The molecular weight excluding hydrogens is 370 g/mol. The summed E-state index contributed by atoms with van der Waals surface area (Å²) in [5, 5.41) is 25.5. The molecule has 0 heterocycles. The monoisotopic (exact) mass is 389 g/mol. The average molecular weight is 389 g/mol. The topological polar surface area (TPSA) is 115 Å². The predicted octanol–water partition coefficient (Wildman–Crippen LogP) is 4.32. The highest BCUT2D eigenvalue weighted by molar-refractivity contribution is 7.98. The van der Waals surface area contributed by atoms with E-state index in [0.717, 1.165) is 5.56 Å². The van der Waals surface area contributed by atoms with Gasteiger partial charge in [-0.1, -0.05) is 30.3 Å². The minimum Gasteiger partial charge on any atom is -0.347 e. The van der Waals surface area contributed by atoms with Crippen LogP contribution >= 0.6 is 11.8 Å². The SMILES string of the molecule is CC(C)(C)NC(=O)c1c([N+](=O)[O-])cc(SCc2ccccc2)cc1[N+](=O)[O-]. The zero-order valence-corrected chi connectivity index (χ0v) is 15.9. The van der Waals surface area contributed by atoms with E-state index in [1.807, 2.05) is 30.3 Å². The molecule has 0 atom stereocenters. The van der Waals surface area contributed by atoms with E-state index in [-0.39, 0.29) is 0 Å². The lowest BCUT2D eigenvalue weighted by atomic mass is 10.1. The van der Waals surface area contributed by atoms with Crippen molar-refractivity contribution in [3.63, 3.8) is 0 Å². The Morgan fingerprint density at radius 1 is 1.04 bits per heavy atom. The van der Waals surface area contributed by atoms with Gasteiger partial charge in [0, 0.05) is 28.3 Å². The van der Waals surface area contributed by atoms with Crippen LogP contribution in [0.15, 0.2) is 47.4 Å². The molecule has 0 radical (unpaired) electrons. The van der Waals surface area contributed by atoms with Gasteiger partial charge in [-0.25, -0.2) is 0 Å². The van der Waals surface area contributed by atoms with Crippen LogP contribution in [0.25, 0.3) is 0 Å². The van der Waals surface area contributed by atoms with Gasteiger partial charge in [0.15, 0.2) is 5.56 Å². The first-order chi connectivity index (χ1) is 12.6. The summed E-state index contributed by atoms with van der Waals surface area (Å²) in [7, 11) is 0. The molecule has 0 aliphatic carbocycles. The van der Waals surface area contributed by atoms with Crippen LogP contribution in [0.5, 0.6) is 0 Å². The van der Waals surface area contributed by atoms with Gasteiger partial charge in [0.2, 0.25) is 0 Å². The molecule has 0 aliphatic heterocycles. The Bertz CT molecular complexity index is 843. The first kappa shape index (κ1) is 20.4. The van der Waals surface area contributed by atoms with Gasteiger partial charge in [-0.2, -0.15) is 0 Å². The van der Waals surface area contributed by atoms with Crippen LogP contribution in [0.4, 0.5) is 11.4 Å². The molecule has 142 valence electrons. The fourth-order valence-corrected chi connectivity index (χ4v) is 3.25. The van der Waals surface area contributed by atoms with Crippen molar-refractivity contribution in [2.24, 2.45) is 0 Å². The van der Waals surface area contributed by atoms with Gasteiger partial charge in [0.25, 0.3) is 17.3 Å². The van der Waals surface area contributed by atoms with E-state index in [0.29, 0.717) is 10.6 Å². The van der Waals surface area contributed by atoms with Crippen molar-refractivity contribution in [1.29, 1.82) is 0 Å². The van der Waals surface area contributed by atoms with E-state index < -0.39 is 38.2 Å². The van der Waals surface area contributed by atoms with Gasteiger partial charge in [-0.15, -0.1) is 11.8 Å². The standard InChI is InChI=1S/C18H19N3O5S/c1-18(2,3)19-17(22)16-14(20(23)24)9-13(10-15(16)21(25)26)27-11-12-7-5-4-6-8-12/h4-10H,11H2,1-3H3,(H,19,22). The molecule has 0 spiro atoms. The smallest absolute Gasteiger partial charge is 0.290 e. The number of nitro benzene ring substituents is 2. The molecule has 0 unspecified atom stereocenters. The molecule has 0 saturated heterocycles. The fourth-order valence-electron chi connectivity index (χ4n) is 2.33. The van der Waals surface area contributed by atoms with Gasteiger partial charge < -0.3 is 5.32 Å². The molecule has 2 aromatic rings. The molecule has 27 heavy (non-hydrogen) atoms. The largest absolute Gasteiger partial charge is 0.347 e. The molecule has 0 aliphatic rings. The molecule has 1 N–H and O–H groups in total. The summed E-state index contributed by atoms with van der Waals surface area (Å²) in [5.41, 5.74) is -1.42. The van der Waals surface area contributed by atoms with Crippen LogP contribution in [0, 0.1) is 20.2 Å². The Labute approximate surface area is 160 Å². The van der Waals surface area contributed by atoms with E-state index >= 15 is 0 Å². The molecule has 0 bridgehead atoms. The zero-order chi connectivity index (χ0) is 20.2. The Hall–Kier alpha value is -2.94. The Balaban J connectivity index is 2.46. The number of carbonyl (C=O) groups is 1. The third-order valence-corrected chi connectivity index (χ3v) is 4.47. The number of nitrogens with one attached hydrogen (secondary N) is 1. The molecule has 2 rings (SSSR count). The van der Waals surface area contributed by atoms with Gasteiger partial charge in [0.1, 0.15) is 0 Å². The summed E-state index contributed by atoms with van der Waals surface area (Å²) in [4.78, 5) is 34.3. The first-order valence-electron chi connectivity index (χ1n) is 8.04. The fraction of sp³-hybridized carbons (Fsp3) is 0.278. The van der Waals surface area contributed by atoms with Gasteiger partial charge in [-0.3, -0.25) is 25.0 Å². The van der Waals surface area contributed by atoms with Crippen LogP contribution in [0.1, 0.15) is 36.7 Å². The van der Waals surface area contributed by atoms with Crippen molar-refractivity contribution < 1.29 is 14.6 Å². The van der Waals surface area contributed by atoms with Crippen molar-refractivity contribution in [1.82, 2.24) is 5.32 Å². The summed E-state index contributed by atoms with van der Waals surface area (Å²) in [6.45, 7) is 5.06. The van der Waals surface area contributed by atoms with Crippen LogP contribution in [-0.2, 0) is 5.75 Å². The highest BCUT2D eigenvalue weighted by Crippen LogP contribution is 2.35. The zero-order valence-electron chi connectivity index (χ0n) is 15.1. The number of hydrogen-bond acceptors (Lipinski definition) is 6. The lowest BCUT2D eigenvalue weighted by Crippen LogP contribution is -2.41. The summed E-state index contributed by atoms with van der Waals surface area (Å²) in [6.07, 6.45) is 0. The van der Waals surface area contributed by atoms with E-state index in [4.69, 9.17) is 0 Å². The quantitative estimate of drug-likeness (QED) is 0.447. The summed E-state index contributed by atoms with van der Waals surface area (Å²) >= 11 is 1.23. The van der Waals surface area contributed by atoms with Crippen LogP contribution in [-0.4, -0.2) is 21.3 Å². The van der Waals surface area contributed by atoms with E-state index in [1.165, 1.54) is 23.9 Å². The lowest BCUT2D eigenvalue weighted by Gasteiger charge is -2.20. The second kappa shape index (κ2) is 8.17. The molecular formula is C18H19N3O5S. The van der Waals surface area contributed by atoms with Crippen molar-refractivity contribution in [2.75, 3.05) is 0 Å². The van der Waals surface area contributed by atoms with Crippen molar-refractivity contribution in [3.05, 3.63) is 73.8 Å². The Morgan fingerprint density at radius 3 is 2.00 bits per heavy atom. The minimum atomic E-state index is -0.847. The minimum absolute atomic E-state index is 0.351. The number of nitrogens with zero attached hydrogens (tertiary/aromatic N) is 2. The summed E-state index contributed by atoms with van der Waals surface area (Å²) < 4.78 is 0. The highest BCUT2D eigenvalue weighted by Gasteiger charge is 2.33. The van der Waals surface area contributed by atoms with Crippen LogP contribution < -0.4 is 5.32 Å². The molecule has 2 aromatic carbocycles. The predicted molar refractivity (Wildman–Crippen MR) is 103 cm³/mol. The second-order valence-corrected chi connectivity index (χ2v) is 7.88. The van der Waals surface area contributed by atoms with Crippen molar-refractivity contribution in [2.45, 2.75) is 37.0 Å². The number of thioether (sulfide) groups is 1. The maximum Gasteiger partial charge on any atom is 0.290 e. The maximum absolute atomic E-state index is 12.5. The number of benzene rings is 2. The Kier molecular flexibility index (Phi) is 6.17. The van der Waals surface area contributed by atoms with Gasteiger partial charge in [0.05, 0.1) is 9.85 Å². The number of rotatable bonds is 6. The van der Waals surface area contributed by atoms with Crippen molar-refractivity contribution in [3.8, 4) is 0 Å². The molecule has 0 fully saturated rings. The van der Waals surface area contributed by atoms with Gasteiger partial charge >= 0.3 is 0 Å². The average Bonchev–Trinajstić information content (AvgIpc) is 2.58. The lowest BCUT2D eigenvalue weighted by molar-refractivity contribution is -0.394. The van der Waals surface area contributed by atoms with E-state index in [2.05, 4.69) is 5.32 Å². The molecule has 1 amide bonds. The van der Waals surface area contributed by atoms with Gasteiger partial charge in [-0.05, 0) is 26.3 Å². The third kappa shape index (κ3) is 5.52. The highest BCUT2D eigenvalue weighted by atomic mass is 32.2. The molecule has 0 aromatic heterocycles. The summed E-state index contributed by atoms with van der Waals surface area (Å²) in [6, 6.07) is 11.8. The molecule has 0 saturated carbocycles. The number of nitro groups is 2. The number of amides is 1. The van der Waals surface area contributed by atoms with E-state index in [1.54, 1.807) is 20.8 Å². The van der Waals surface area contributed by atoms with Crippen LogP contribution in [0.3, 0.4) is 0 Å². The molecule has 8 nitrogen and oxygen atoms in total. The first-order valence-corrected chi connectivity index (χ1v) is 9.03. The molecule has 9 heteroatoms. The third-order valence-electron chi connectivity index (χ3n) is 3.43. The van der Waals surface area contributed by atoms with E-state index in [9.17, 15) is 25.0 Å². The summed E-state index contributed by atoms with van der Waals surface area (Å²) in [5.74, 6) is -0.358. The Morgan fingerprint density at radius 2 is 1.56 bits per heavy atom.